The van der Waals surface area contributed by atoms with Gasteiger partial charge in [-0.05, 0) is 116 Å². The zero-order valence-corrected chi connectivity index (χ0v) is 42.1. The molecule has 0 bridgehead atoms. The molecule has 0 amide bonds. The topological polar surface area (TPSA) is 61.8 Å². The summed E-state index contributed by atoms with van der Waals surface area (Å²) in [6.07, 6.45) is 81.5. The Labute approximate surface area is 405 Å². The highest BCUT2D eigenvalue weighted by Gasteiger charge is 2.17. The lowest BCUT2D eigenvalue weighted by atomic mass is 10.1. The second-order valence-corrected chi connectivity index (χ2v) is 16.3. The van der Waals surface area contributed by atoms with Gasteiger partial charge in [0, 0.05) is 6.42 Å². The molecule has 0 N–H and O–H groups in total. The molecular formula is C61H94O5. The van der Waals surface area contributed by atoms with Gasteiger partial charge in [0.15, 0.2) is 6.10 Å². The number of esters is 2. The summed E-state index contributed by atoms with van der Waals surface area (Å²) in [7, 11) is 0. The molecule has 0 saturated carbocycles. The minimum Gasteiger partial charge on any atom is -0.462 e. The summed E-state index contributed by atoms with van der Waals surface area (Å²) >= 11 is 0. The van der Waals surface area contributed by atoms with Crippen molar-refractivity contribution in [3.05, 3.63) is 158 Å². The average molecular weight is 907 g/mol. The minimum atomic E-state index is -0.648. The van der Waals surface area contributed by atoms with E-state index in [2.05, 4.69) is 167 Å². The molecule has 0 rings (SSSR count). The third-order valence-corrected chi connectivity index (χ3v) is 10.1. The van der Waals surface area contributed by atoms with E-state index >= 15 is 0 Å². The maximum absolute atomic E-state index is 12.7. The number of hydrogen-bond acceptors (Lipinski definition) is 5. The predicted molar refractivity (Wildman–Crippen MR) is 288 cm³/mol. The van der Waals surface area contributed by atoms with E-state index in [0.29, 0.717) is 13.0 Å². The van der Waals surface area contributed by atoms with Gasteiger partial charge in [0.05, 0.1) is 19.6 Å². The molecule has 0 heterocycles. The van der Waals surface area contributed by atoms with Crippen LogP contribution in [0.4, 0.5) is 0 Å². The number of carbonyl (C=O) groups is 2. The molecule has 0 aromatic rings. The molecule has 0 fully saturated rings. The average Bonchev–Trinajstić information content (AvgIpc) is 3.32. The molecule has 0 aliphatic rings. The van der Waals surface area contributed by atoms with Crippen LogP contribution in [0.3, 0.4) is 0 Å². The van der Waals surface area contributed by atoms with Gasteiger partial charge in [-0.3, -0.25) is 9.59 Å². The first-order chi connectivity index (χ1) is 32.6. The van der Waals surface area contributed by atoms with E-state index < -0.39 is 6.10 Å². The summed E-state index contributed by atoms with van der Waals surface area (Å²) in [5.41, 5.74) is 0. The second-order valence-electron chi connectivity index (χ2n) is 16.3. The summed E-state index contributed by atoms with van der Waals surface area (Å²) < 4.78 is 17.2. The fourth-order valence-corrected chi connectivity index (χ4v) is 6.30. The van der Waals surface area contributed by atoms with Gasteiger partial charge < -0.3 is 14.2 Å². The van der Waals surface area contributed by atoms with Crippen molar-refractivity contribution < 1.29 is 23.8 Å². The number of unbranched alkanes of at least 4 members (excludes halogenated alkanes) is 9. The normalized spacial score (nSPS) is 13.6. The summed E-state index contributed by atoms with van der Waals surface area (Å²) in [5.74, 6) is -0.613. The zero-order chi connectivity index (χ0) is 47.7. The van der Waals surface area contributed by atoms with Crippen molar-refractivity contribution in [3.63, 3.8) is 0 Å². The zero-order valence-electron chi connectivity index (χ0n) is 42.1. The van der Waals surface area contributed by atoms with Crippen molar-refractivity contribution in [1.29, 1.82) is 0 Å². The van der Waals surface area contributed by atoms with Crippen LogP contribution in [0.5, 0.6) is 0 Å². The van der Waals surface area contributed by atoms with Gasteiger partial charge in [0.1, 0.15) is 6.61 Å². The highest BCUT2D eigenvalue weighted by molar-refractivity contribution is 5.71. The molecule has 0 saturated heterocycles. The van der Waals surface area contributed by atoms with Gasteiger partial charge in [-0.2, -0.15) is 0 Å². The maximum atomic E-state index is 12.7. The Morgan fingerprint density at radius 2 is 0.727 bits per heavy atom. The first-order valence-corrected chi connectivity index (χ1v) is 26.0. The lowest BCUT2D eigenvalue weighted by Crippen LogP contribution is -2.29. The molecule has 0 radical (unpaired) electrons. The van der Waals surface area contributed by atoms with E-state index in [9.17, 15) is 9.59 Å². The first kappa shape index (κ1) is 61.5. The molecule has 0 spiro atoms. The van der Waals surface area contributed by atoms with Crippen molar-refractivity contribution in [2.75, 3.05) is 19.8 Å². The molecule has 5 nitrogen and oxygen atoms in total. The summed E-state index contributed by atoms with van der Waals surface area (Å²) in [5, 5.41) is 0. The van der Waals surface area contributed by atoms with Crippen LogP contribution in [-0.4, -0.2) is 37.9 Å². The van der Waals surface area contributed by atoms with Crippen molar-refractivity contribution in [2.24, 2.45) is 0 Å². The van der Waals surface area contributed by atoms with Gasteiger partial charge in [-0.15, -0.1) is 0 Å². The monoisotopic (exact) mass is 907 g/mol. The smallest absolute Gasteiger partial charge is 0.310 e. The molecule has 0 aromatic heterocycles. The van der Waals surface area contributed by atoms with Gasteiger partial charge >= 0.3 is 11.9 Å². The summed E-state index contributed by atoms with van der Waals surface area (Å²) in [6, 6.07) is 0. The third kappa shape index (κ3) is 52.1. The van der Waals surface area contributed by atoms with Crippen molar-refractivity contribution in [1.82, 2.24) is 0 Å². The van der Waals surface area contributed by atoms with Crippen LogP contribution >= 0.6 is 0 Å². The number of rotatable bonds is 45. The Morgan fingerprint density at radius 1 is 0.364 bits per heavy atom. The van der Waals surface area contributed by atoms with Crippen LogP contribution in [0, 0.1) is 0 Å². The molecule has 1 unspecified atom stereocenters. The highest BCUT2D eigenvalue weighted by atomic mass is 16.6. The molecule has 66 heavy (non-hydrogen) atoms. The third-order valence-electron chi connectivity index (χ3n) is 10.1. The summed E-state index contributed by atoms with van der Waals surface area (Å²) in [6.45, 7) is 7.21. The predicted octanol–water partition coefficient (Wildman–Crippen LogP) is 17.9. The van der Waals surface area contributed by atoms with E-state index in [1.807, 2.05) is 12.2 Å². The minimum absolute atomic E-state index is 0.00259. The number of carbonyl (C=O) groups excluding carboxylic acids is 2. The van der Waals surface area contributed by atoms with E-state index in [1.54, 1.807) is 0 Å². The van der Waals surface area contributed by atoms with Crippen LogP contribution < -0.4 is 0 Å². The largest absolute Gasteiger partial charge is 0.462 e. The van der Waals surface area contributed by atoms with Crippen LogP contribution in [0.1, 0.15) is 188 Å². The van der Waals surface area contributed by atoms with Gasteiger partial charge in [-0.25, -0.2) is 0 Å². The van der Waals surface area contributed by atoms with Gasteiger partial charge in [0.25, 0.3) is 0 Å². The van der Waals surface area contributed by atoms with E-state index in [1.165, 1.54) is 44.9 Å². The molecule has 5 heteroatoms. The number of allylic oxidation sites excluding steroid dienone is 24. The van der Waals surface area contributed by atoms with Crippen molar-refractivity contribution in [3.8, 4) is 0 Å². The van der Waals surface area contributed by atoms with Crippen LogP contribution in [-0.2, 0) is 23.8 Å². The SMILES string of the molecule is CC/C=C\C/C=C\C/C=C\C/C=C\C/C=C\CCOCC(COC(=O)CCCCCCCC/C=C\C/C=C\C/C=C\CCCCC)OC(=O)C/C=C\C/C=C\C/C=C\C/C=C\C/C=C\CC. The highest BCUT2D eigenvalue weighted by Crippen LogP contribution is 2.11. The first-order valence-electron chi connectivity index (χ1n) is 26.0. The molecular weight excluding hydrogens is 813 g/mol. The lowest BCUT2D eigenvalue weighted by Gasteiger charge is -2.18. The standard InChI is InChI=1S/C61H94O5/c1-4-7-10-13-16-19-22-25-28-30-31-32-34-36-39-42-45-48-51-54-60(62)65-58-59(57-64-56-53-50-47-44-41-38-35-29-26-23-20-17-14-11-8-5-2)66-61(63)55-52-49-46-43-40-37-33-27-24-21-18-15-12-9-6-3/h8-9,11-12,16-21,25-29,31-33,38,40-41,43,47,49-50,52,59H,4-7,10,13-15,22-24,30,34-37,39,42,44-46,48,51,53-58H2,1-3H3/b11-8-,12-9-,19-16-,20-17-,21-18-,28-25-,29-26-,32-31-,33-27-,41-38-,43-40-,50-47-,52-49-. The van der Waals surface area contributed by atoms with Crippen LogP contribution in [0.15, 0.2) is 158 Å². The molecule has 1 atom stereocenters. The van der Waals surface area contributed by atoms with E-state index in [4.69, 9.17) is 14.2 Å². The van der Waals surface area contributed by atoms with Gasteiger partial charge in [0.2, 0.25) is 0 Å². The van der Waals surface area contributed by atoms with E-state index in [0.717, 1.165) is 109 Å². The van der Waals surface area contributed by atoms with E-state index in [-0.39, 0.29) is 31.6 Å². The quantitative estimate of drug-likeness (QED) is 0.0346. The maximum Gasteiger partial charge on any atom is 0.310 e. The Hall–Kier alpha value is -4.48. The van der Waals surface area contributed by atoms with Crippen molar-refractivity contribution in [2.45, 2.75) is 194 Å². The lowest BCUT2D eigenvalue weighted by molar-refractivity contribution is -0.162. The molecule has 368 valence electrons. The number of hydrogen-bond donors (Lipinski definition) is 0. The Bertz CT molecular complexity index is 1490. The van der Waals surface area contributed by atoms with Crippen LogP contribution in [0.25, 0.3) is 0 Å². The molecule has 0 aliphatic carbocycles. The Kier molecular flexibility index (Phi) is 51.1. The second kappa shape index (κ2) is 54.9. The number of ether oxygens (including phenoxy) is 3. The van der Waals surface area contributed by atoms with Crippen LogP contribution in [0.2, 0.25) is 0 Å². The Morgan fingerprint density at radius 3 is 1.17 bits per heavy atom. The Balaban J connectivity index is 4.55. The molecule has 0 aliphatic heterocycles. The van der Waals surface area contributed by atoms with Gasteiger partial charge in [-0.1, -0.05) is 217 Å². The fourth-order valence-electron chi connectivity index (χ4n) is 6.30. The fraction of sp³-hybridized carbons (Fsp3) is 0.541. The van der Waals surface area contributed by atoms with Crippen molar-refractivity contribution >= 4 is 11.9 Å². The molecule has 0 aromatic carbocycles. The summed E-state index contributed by atoms with van der Waals surface area (Å²) in [4.78, 5) is 25.4.